The number of aromatic nitrogens is 2. The van der Waals surface area contributed by atoms with Crippen molar-refractivity contribution in [2.75, 3.05) is 0 Å². The Morgan fingerprint density at radius 2 is 2.00 bits per heavy atom. The SMILES string of the molecule is FC(F)(F)CCCn1c(CCl)nc2cc(Cl)ccc21. The number of fused-ring (bicyclic) bond motifs is 1. The standard InChI is InChI=1S/C12H11Cl2F3N2/c13-7-11-18-9-6-8(14)2-3-10(9)19(11)5-1-4-12(15,16)17/h2-3,6H,1,4-5,7H2. The molecule has 2 rings (SSSR count). The highest BCUT2D eigenvalue weighted by Gasteiger charge is 2.26. The molecule has 0 amide bonds. The molecule has 0 fully saturated rings. The predicted octanol–water partition coefficient (Wildman–Crippen LogP) is 4.77. The molecule has 0 saturated heterocycles. The third-order valence-corrected chi connectivity index (χ3v) is 3.22. The van der Waals surface area contributed by atoms with Crippen molar-refractivity contribution in [3.63, 3.8) is 0 Å². The van der Waals surface area contributed by atoms with E-state index < -0.39 is 12.6 Å². The molecule has 104 valence electrons. The maximum absolute atomic E-state index is 12.2. The number of halogens is 5. The first-order valence-corrected chi connectivity index (χ1v) is 6.59. The fourth-order valence-corrected chi connectivity index (χ4v) is 2.31. The summed E-state index contributed by atoms with van der Waals surface area (Å²) in [4.78, 5) is 4.27. The van der Waals surface area contributed by atoms with Gasteiger partial charge in [-0.25, -0.2) is 4.98 Å². The highest BCUT2D eigenvalue weighted by Crippen LogP contribution is 2.25. The van der Waals surface area contributed by atoms with E-state index in [-0.39, 0.29) is 18.8 Å². The van der Waals surface area contributed by atoms with Crippen LogP contribution in [0.2, 0.25) is 5.02 Å². The van der Waals surface area contributed by atoms with Crippen molar-refractivity contribution in [2.24, 2.45) is 0 Å². The third-order valence-electron chi connectivity index (χ3n) is 2.75. The number of aryl methyl sites for hydroxylation is 1. The van der Waals surface area contributed by atoms with Gasteiger partial charge >= 0.3 is 6.18 Å². The summed E-state index contributed by atoms with van der Waals surface area (Å²) in [5.74, 6) is 0.708. The molecule has 0 aliphatic rings. The second kappa shape index (κ2) is 5.59. The van der Waals surface area contributed by atoms with Crippen LogP contribution in [0.25, 0.3) is 11.0 Å². The molecule has 0 unspecified atom stereocenters. The van der Waals surface area contributed by atoms with Gasteiger partial charge in [-0.1, -0.05) is 11.6 Å². The maximum Gasteiger partial charge on any atom is 0.389 e. The van der Waals surface area contributed by atoms with E-state index in [1.54, 1.807) is 22.8 Å². The lowest BCUT2D eigenvalue weighted by atomic mass is 10.3. The molecule has 0 radical (unpaired) electrons. The van der Waals surface area contributed by atoms with Crippen LogP contribution in [0.15, 0.2) is 18.2 Å². The zero-order valence-electron chi connectivity index (χ0n) is 9.84. The number of hydrogen-bond acceptors (Lipinski definition) is 1. The largest absolute Gasteiger partial charge is 0.389 e. The number of imidazole rings is 1. The highest BCUT2D eigenvalue weighted by atomic mass is 35.5. The molecule has 2 aromatic rings. The van der Waals surface area contributed by atoms with Crippen molar-refractivity contribution in [1.29, 1.82) is 0 Å². The fourth-order valence-electron chi connectivity index (χ4n) is 1.94. The van der Waals surface area contributed by atoms with Crippen molar-refractivity contribution < 1.29 is 13.2 Å². The maximum atomic E-state index is 12.2. The molecule has 0 bridgehead atoms. The first kappa shape index (κ1) is 14.5. The molecule has 0 N–H and O–H groups in total. The van der Waals surface area contributed by atoms with Crippen LogP contribution in [-0.2, 0) is 12.4 Å². The minimum absolute atomic E-state index is 0.00146. The van der Waals surface area contributed by atoms with E-state index in [0.717, 1.165) is 5.52 Å². The van der Waals surface area contributed by atoms with Gasteiger partial charge in [-0.3, -0.25) is 0 Å². The van der Waals surface area contributed by atoms with Crippen LogP contribution in [0.4, 0.5) is 13.2 Å². The quantitative estimate of drug-likeness (QED) is 0.744. The molecule has 0 aliphatic carbocycles. The van der Waals surface area contributed by atoms with Crippen LogP contribution >= 0.6 is 23.2 Å². The summed E-state index contributed by atoms with van der Waals surface area (Å²) in [6.45, 7) is 0.236. The van der Waals surface area contributed by atoms with Gasteiger partial charge in [-0.2, -0.15) is 13.2 Å². The normalized spacial score (nSPS) is 12.3. The van der Waals surface area contributed by atoms with Gasteiger partial charge in [-0.15, -0.1) is 11.6 Å². The molecule has 1 aromatic heterocycles. The Hall–Kier alpha value is -0.940. The molecule has 0 saturated carbocycles. The Labute approximate surface area is 118 Å². The van der Waals surface area contributed by atoms with E-state index in [0.29, 0.717) is 16.4 Å². The van der Waals surface area contributed by atoms with Crippen molar-refractivity contribution in [2.45, 2.75) is 31.4 Å². The Balaban J connectivity index is 2.25. The predicted molar refractivity (Wildman–Crippen MR) is 69.6 cm³/mol. The van der Waals surface area contributed by atoms with Gasteiger partial charge in [-0.05, 0) is 24.6 Å². The lowest BCUT2D eigenvalue weighted by molar-refractivity contribution is -0.135. The van der Waals surface area contributed by atoms with Crippen LogP contribution in [0, 0.1) is 0 Å². The van der Waals surface area contributed by atoms with Gasteiger partial charge in [0.1, 0.15) is 5.82 Å². The molecular weight excluding hydrogens is 300 g/mol. The summed E-state index contributed by atoms with van der Waals surface area (Å²) in [6, 6.07) is 5.10. The summed E-state index contributed by atoms with van der Waals surface area (Å²) in [6.07, 6.45) is -4.95. The van der Waals surface area contributed by atoms with Crippen LogP contribution in [0.1, 0.15) is 18.7 Å². The van der Waals surface area contributed by atoms with Crippen molar-refractivity contribution >= 4 is 34.2 Å². The van der Waals surface area contributed by atoms with E-state index in [2.05, 4.69) is 4.98 Å². The molecule has 0 aliphatic heterocycles. The molecule has 0 atom stereocenters. The van der Waals surface area contributed by atoms with Gasteiger partial charge < -0.3 is 4.57 Å². The first-order valence-electron chi connectivity index (χ1n) is 5.68. The van der Waals surface area contributed by atoms with E-state index >= 15 is 0 Å². The number of nitrogens with zero attached hydrogens (tertiary/aromatic N) is 2. The van der Waals surface area contributed by atoms with Crippen molar-refractivity contribution in [3.8, 4) is 0 Å². The van der Waals surface area contributed by atoms with Gasteiger partial charge in [0.25, 0.3) is 0 Å². The zero-order valence-corrected chi connectivity index (χ0v) is 11.4. The Morgan fingerprint density at radius 1 is 1.26 bits per heavy atom. The van der Waals surface area contributed by atoms with E-state index in [1.165, 1.54) is 0 Å². The van der Waals surface area contributed by atoms with Gasteiger partial charge in [0.2, 0.25) is 0 Å². The van der Waals surface area contributed by atoms with E-state index in [1.807, 2.05) is 0 Å². The monoisotopic (exact) mass is 310 g/mol. The molecule has 1 heterocycles. The average Bonchev–Trinajstić information content (AvgIpc) is 2.65. The number of hydrogen-bond donors (Lipinski definition) is 0. The molecular formula is C12H11Cl2F3N2. The summed E-state index contributed by atoms with van der Waals surface area (Å²) >= 11 is 11.6. The molecule has 0 spiro atoms. The summed E-state index contributed by atoms with van der Waals surface area (Å²) < 4.78 is 38.2. The van der Waals surface area contributed by atoms with Gasteiger partial charge in [0, 0.05) is 18.0 Å². The second-order valence-corrected chi connectivity index (χ2v) is 4.87. The number of alkyl halides is 4. The molecule has 1 aromatic carbocycles. The smallest absolute Gasteiger partial charge is 0.327 e. The lowest BCUT2D eigenvalue weighted by Crippen LogP contribution is -2.10. The molecule has 19 heavy (non-hydrogen) atoms. The van der Waals surface area contributed by atoms with E-state index in [9.17, 15) is 13.2 Å². The summed E-state index contributed by atoms with van der Waals surface area (Å²) in [5.41, 5.74) is 1.40. The first-order chi connectivity index (χ1) is 8.90. The average molecular weight is 311 g/mol. The lowest BCUT2D eigenvalue weighted by Gasteiger charge is -2.09. The second-order valence-electron chi connectivity index (χ2n) is 4.17. The summed E-state index contributed by atoms with van der Waals surface area (Å²) in [5, 5.41) is 0.536. The topological polar surface area (TPSA) is 17.8 Å². The number of benzene rings is 1. The zero-order chi connectivity index (χ0) is 14.0. The van der Waals surface area contributed by atoms with Crippen molar-refractivity contribution in [1.82, 2.24) is 9.55 Å². The Bertz CT molecular complexity index is 578. The highest BCUT2D eigenvalue weighted by molar-refractivity contribution is 6.31. The van der Waals surface area contributed by atoms with E-state index in [4.69, 9.17) is 23.2 Å². The van der Waals surface area contributed by atoms with Crippen LogP contribution < -0.4 is 0 Å². The third kappa shape index (κ3) is 3.54. The van der Waals surface area contributed by atoms with Crippen LogP contribution in [0.5, 0.6) is 0 Å². The molecule has 7 heteroatoms. The van der Waals surface area contributed by atoms with Crippen molar-refractivity contribution in [3.05, 3.63) is 29.0 Å². The van der Waals surface area contributed by atoms with Crippen LogP contribution in [-0.4, -0.2) is 15.7 Å². The fraction of sp³-hybridized carbons (Fsp3) is 0.417. The summed E-state index contributed by atoms with van der Waals surface area (Å²) in [7, 11) is 0. The minimum atomic E-state index is -4.14. The van der Waals surface area contributed by atoms with Gasteiger partial charge in [0.15, 0.2) is 0 Å². The Kier molecular flexibility index (Phi) is 4.26. The Morgan fingerprint density at radius 3 is 2.63 bits per heavy atom. The number of rotatable bonds is 4. The van der Waals surface area contributed by atoms with Gasteiger partial charge in [0.05, 0.1) is 16.9 Å². The van der Waals surface area contributed by atoms with Crippen LogP contribution in [0.3, 0.4) is 0 Å². The molecule has 2 nitrogen and oxygen atoms in total. The minimum Gasteiger partial charge on any atom is -0.327 e.